The van der Waals surface area contributed by atoms with E-state index in [9.17, 15) is 4.79 Å². The first kappa shape index (κ1) is 15.9. The molecule has 0 aromatic heterocycles. The zero-order chi connectivity index (χ0) is 15.9. The standard InChI is InChI=1S/C18H22N2O2/c1-3-16(22-17-9-4-6-13(2)10-17)12-20-18(21)14-7-5-8-15(19)11-14/h4-11,16H,3,12,19H2,1-2H3,(H,20,21). The molecule has 3 N–H and O–H groups in total. The highest BCUT2D eigenvalue weighted by Crippen LogP contribution is 2.15. The molecule has 0 radical (unpaired) electrons. The number of nitrogens with two attached hydrogens (primary N) is 1. The van der Waals surface area contributed by atoms with Crippen molar-refractivity contribution in [3.63, 3.8) is 0 Å². The van der Waals surface area contributed by atoms with E-state index in [-0.39, 0.29) is 12.0 Å². The van der Waals surface area contributed by atoms with Crippen molar-refractivity contribution in [1.29, 1.82) is 0 Å². The molecule has 0 bridgehead atoms. The van der Waals surface area contributed by atoms with Crippen LogP contribution in [-0.2, 0) is 0 Å². The average molecular weight is 298 g/mol. The predicted molar refractivity (Wildman–Crippen MR) is 89.1 cm³/mol. The lowest BCUT2D eigenvalue weighted by molar-refractivity contribution is 0.0926. The minimum Gasteiger partial charge on any atom is -0.489 e. The number of anilines is 1. The number of aryl methyl sites for hydroxylation is 1. The van der Waals surface area contributed by atoms with E-state index in [1.54, 1.807) is 24.3 Å². The first-order valence-electron chi connectivity index (χ1n) is 7.45. The molecule has 116 valence electrons. The fourth-order valence-corrected chi connectivity index (χ4v) is 2.14. The molecule has 0 fully saturated rings. The number of amides is 1. The Labute approximate surface area is 131 Å². The zero-order valence-corrected chi connectivity index (χ0v) is 13.0. The van der Waals surface area contributed by atoms with E-state index in [4.69, 9.17) is 10.5 Å². The van der Waals surface area contributed by atoms with Gasteiger partial charge in [0.25, 0.3) is 5.91 Å². The van der Waals surface area contributed by atoms with Gasteiger partial charge in [0.05, 0.1) is 6.54 Å². The molecule has 2 aromatic rings. The quantitative estimate of drug-likeness (QED) is 0.805. The lowest BCUT2D eigenvalue weighted by Crippen LogP contribution is -2.35. The number of carbonyl (C=O) groups is 1. The Kier molecular flexibility index (Phi) is 5.42. The molecule has 4 heteroatoms. The van der Waals surface area contributed by atoms with Crippen LogP contribution in [-0.4, -0.2) is 18.6 Å². The molecular formula is C18H22N2O2. The van der Waals surface area contributed by atoms with E-state index < -0.39 is 0 Å². The average Bonchev–Trinajstić information content (AvgIpc) is 2.51. The first-order valence-corrected chi connectivity index (χ1v) is 7.45. The number of ether oxygens (including phenoxy) is 1. The van der Waals surface area contributed by atoms with Gasteiger partial charge in [-0.05, 0) is 49.2 Å². The van der Waals surface area contributed by atoms with Gasteiger partial charge in [-0.25, -0.2) is 0 Å². The summed E-state index contributed by atoms with van der Waals surface area (Å²) in [5.41, 5.74) is 7.98. The van der Waals surface area contributed by atoms with Gasteiger partial charge in [0, 0.05) is 11.3 Å². The first-order chi connectivity index (χ1) is 10.6. The molecule has 0 aliphatic carbocycles. The minimum absolute atomic E-state index is 0.0631. The summed E-state index contributed by atoms with van der Waals surface area (Å²) in [7, 11) is 0. The fraction of sp³-hybridized carbons (Fsp3) is 0.278. The number of hydrogen-bond donors (Lipinski definition) is 2. The summed E-state index contributed by atoms with van der Waals surface area (Å²) in [5, 5.41) is 2.89. The number of rotatable bonds is 6. The second-order valence-corrected chi connectivity index (χ2v) is 5.30. The Bertz CT molecular complexity index is 640. The molecule has 0 spiro atoms. The molecule has 0 saturated carbocycles. The van der Waals surface area contributed by atoms with Gasteiger partial charge in [-0.2, -0.15) is 0 Å². The number of benzene rings is 2. The van der Waals surface area contributed by atoms with Crippen LogP contribution in [0.25, 0.3) is 0 Å². The van der Waals surface area contributed by atoms with Crippen molar-refractivity contribution in [2.45, 2.75) is 26.4 Å². The summed E-state index contributed by atoms with van der Waals surface area (Å²) in [4.78, 5) is 12.1. The van der Waals surface area contributed by atoms with Crippen molar-refractivity contribution >= 4 is 11.6 Å². The number of nitrogen functional groups attached to an aromatic ring is 1. The van der Waals surface area contributed by atoms with Crippen molar-refractivity contribution in [3.8, 4) is 5.75 Å². The Balaban J connectivity index is 1.92. The molecule has 1 unspecified atom stereocenters. The van der Waals surface area contributed by atoms with Crippen LogP contribution >= 0.6 is 0 Å². The van der Waals surface area contributed by atoms with Crippen molar-refractivity contribution < 1.29 is 9.53 Å². The van der Waals surface area contributed by atoms with E-state index in [0.717, 1.165) is 17.7 Å². The zero-order valence-electron chi connectivity index (χ0n) is 13.0. The molecule has 0 aliphatic heterocycles. The molecule has 22 heavy (non-hydrogen) atoms. The van der Waals surface area contributed by atoms with Crippen LogP contribution in [0.4, 0.5) is 5.69 Å². The lowest BCUT2D eigenvalue weighted by Gasteiger charge is -2.18. The van der Waals surface area contributed by atoms with Crippen LogP contribution in [0.3, 0.4) is 0 Å². The largest absolute Gasteiger partial charge is 0.489 e. The van der Waals surface area contributed by atoms with E-state index >= 15 is 0 Å². The van der Waals surface area contributed by atoms with Crippen molar-refractivity contribution in [1.82, 2.24) is 5.32 Å². The number of nitrogens with one attached hydrogen (secondary N) is 1. The normalized spacial score (nSPS) is 11.7. The Morgan fingerprint density at radius 3 is 2.68 bits per heavy atom. The molecule has 2 aromatic carbocycles. The highest BCUT2D eigenvalue weighted by Gasteiger charge is 2.11. The van der Waals surface area contributed by atoms with Crippen molar-refractivity contribution in [3.05, 3.63) is 59.7 Å². The second kappa shape index (κ2) is 7.50. The highest BCUT2D eigenvalue weighted by atomic mass is 16.5. The highest BCUT2D eigenvalue weighted by molar-refractivity contribution is 5.94. The molecule has 0 aliphatic rings. The minimum atomic E-state index is -0.140. The maximum absolute atomic E-state index is 12.1. The third kappa shape index (κ3) is 4.52. The Morgan fingerprint density at radius 1 is 1.23 bits per heavy atom. The van der Waals surface area contributed by atoms with Gasteiger partial charge in [0.2, 0.25) is 0 Å². The summed E-state index contributed by atoms with van der Waals surface area (Å²) in [5.74, 6) is 0.684. The van der Waals surface area contributed by atoms with Gasteiger partial charge >= 0.3 is 0 Å². The van der Waals surface area contributed by atoms with Crippen LogP contribution < -0.4 is 15.8 Å². The van der Waals surface area contributed by atoms with Crippen LogP contribution in [0.1, 0.15) is 29.3 Å². The third-order valence-corrected chi connectivity index (χ3v) is 3.39. The maximum Gasteiger partial charge on any atom is 0.251 e. The lowest BCUT2D eigenvalue weighted by atomic mass is 10.2. The molecule has 0 saturated heterocycles. The predicted octanol–water partition coefficient (Wildman–Crippen LogP) is 3.16. The second-order valence-electron chi connectivity index (χ2n) is 5.30. The molecule has 4 nitrogen and oxygen atoms in total. The van der Waals surface area contributed by atoms with Crippen molar-refractivity contribution in [2.75, 3.05) is 12.3 Å². The molecule has 1 amide bonds. The topological polar surface area (TPSA) is 64.4 Å². The van der Waals surface area contributed by atoms with E-state index in [2.05, 4.69) is 5.32 Å². The van der Waals surface area contributed by atoms with E-state index in [0.29, 0.717) is 17.8 Å². The van der Waals surface area contributed by atoms with Crippen LogP contribution in [0.2, 0.25) is 0 Å². The maximum atomic E-state index is 12.1. The van der Waals surface area contributed by atoms with Crippen LogP contribution in [0, 0.1) is 6.92 Å². The molecule has 2 rings (SSSR count). The van der Waals surface area contributed by atoms with Gasteiger partial charge in [-0.15, -0.1) is 0 Å². The van der Waals surface area contributed by atoms with Crippen LogP contribution in [0.15, 0.2) is 48.5 Å². The van der Waals surface area contributed by atoms with Crippen LogP contribution in [0.5, 0.6) is 5.75 Å². The third-order valence-electron chi connectivity index (χ3n) is 3.39. The van der Waals surface area contributed by atoms with Gasteiger partial charge in [0.1, 0.15) is 11.9 Å². The van der Waals surface area contributed by atoms with Gasteiger partial charge in [-0.3, -0.25) is 4.79 Å². The molecular weight excluding hydrogens is 276 g/mol. The molecule has 0 heterocycles. The van der Waals surface area contributed by atoms with Crippen molar-refractivity contribution in [2.24, 2.45) is 0 Å². The fourth-order valence-electron chi connectivity index (χ4n) is 2.14. The number of carbonyl (C=O) groups excluding carboxylic acids is 1. The molecule has 1 atom stereocenters. The summed E-state index contributed by atoms with van der Waals surface area (Å²) < 4.78 is 5.92. The SMILES string of the molecule is CCC(CNC(=O)c1cccc(N)c1)Oc1cccc(C)c1. The van der Waals surface area contributed by atoms with Gasteiger partial charge in [-0.1, -0.05) is 25.1 Å². The summed E-state index contributed by atoms with van der Waals surface area (Å²) in [6.07, 6.45) is 0.748. The summed E-state index contributed by atoms with van der Waals surface area (Å²) in [6, 6.07) is 14.8. The summed E-state index contributed by atoms with van der Waals surface area (Å²) >= 11 is 0. The van der Waals surface area contributed by atoms with E-state index in [1.165, 1.54) is 0 Å². The smallest absolute Gasteiger partial charge is 0.251 e. The van der Waals surface area contributed by atoms with E-state index in [1.807, 2.05) is 38.1 Å². The number of hydrogen-bond acceptors (Lipinski definition) is 3. The monoisotopic (exact) mass is 298 g/mol. The Morgan fingerprint density at radius 2 is 2.00 bits per heavy atom. The van der Waals surface area contributed by atoms with Gasteiger partial charge < -0.3 is 15.8 Å². The summed E-state index contributed by atoms with van der Waals surface area (Å²) in [6.45, 7) is 4.51. The Hall–Kier alpha value is -2.49. The van der Waals surface area contributed by atoms with Gasteiger partial charge in [0.15, 0.2) is 0 Å².